The van der Waals surface area contributed by atoms with E-state index in [1.54, 1.807) is 11.0 Å². The zero-order chi connectivity index (χ0) is 24.6. The Kier molecular flexibility index (Phi) is 6.12. The van der Waals surface area contributed by atoms with Crippen LogP contribution in [-0.4, -0.2) is 44.4 Å². The molecule has 2 aromatic heterocycles. The average Bonchev–Trinajstić information content (AvgIpc) is 3.17. The van der Waals surface area contributed by atoms with Gasteiger partial charge in [-0.15, -0.1) is 0 Å². The van der Waals surface area contributed by atoms with Gasteiger partial charge in [-0.25, -0.2) is 19.3 Å². The van der Waals surface area contributed by atoms with Gasteiger partial charge in [-0.3, -0.25) is 4.79 Å². The van der Waals surface area contributed by atoms with Gasteiger partial charge in [0.25, 0.3) is 5.91 Å². The predicted octanol–water partition coefficient (Wildman–Crippen LogP) is 5.16. The van der Waals surface area contributed by atoms with Crippen LogP contribution in [0.3, 0.4) is 0 Å². The fourth-order valence-electron chi connectivity index (χ4n) is 5.08. The number of pyridine rings is 1. The molecule has 3 aromatic rings. The summed E-state index contributed by atoms with van der Waals surface area (Å²) in [4.78, 5) is 27.7. The number of aromatic nitrogens is 3. The van der Waals surface area contributed by atoms with E-state index in [2.05, 4.69) is 15.0 Å². The summed E-state index contributed by atoms with van der Waals surface area (Å²) in [5, 5.41) is 0. The number of fused-ring (bicyclic) bond motifs is 2. The van der Waals surface area contributed by atoms with E-state index < -0.39 is 23.5 Å². The van der Waals surface area contributed by atoms with Gasteiger partial charge in [-0.1, -0.05) is 0 Å². The maximum atomic E-state index is 13.8. The van der Waals surface area contributed by atoms with Crippen LogP contribution in [0.5, 0.6) is 5.88 Å². The summed E-state index contributed by atoms with van der Waals surface area (Å²) in [7, 11) is 0. The number of alkyl halides is 3. The van der Waals surface area contributed by atoms with Crippen LogP contribution >= 0.6 is 0 Å². The molecule has 5 rings (SSSR count). The second kappa shape index (κ2) is 9.24. The number of ether oxygens (including phenoxy) is 1. The van der Waals surface area contributed by atoms with Crippen molar-refractivity contribution in [3.8, 4) is 17.3 Å². The highest BCUT2D eigenvalue weighted by molar-refractivity contribution is 6.01. The molecule has 1 amide bonds. The van der Waals surface area contributed by atoms with E-state index in [9.17, 15) is 22.4 Å². The maximum absolute atomic E-state index is 13.8. The third-order valence-electron chi connectivity index (χ3n) is 6.73. The largest absolute Gasteiger partial charge is 0.477 e. The molecule has 2 bridgehead atoms. The Bertz CT molecular complexity index is 1200. The van der Waals surface area contributed by atoms with Crippen molar-refractivity contribution in [2.45, 2.75) is 43.9 Å². The van der Waals surface area contributed by atoms with E-state index in [1.807, 2.05) is 0 Å². The summed E-state index contributed by atoms with van der Waals surface area (Å²) in [6.45, 7) is 0.275. The molecule has 0 spiro atoms. The van der Waals surface area contributed by atoms with Crippen molar-refractivity contribution >= 4 is 5.91 Å². The Balaban J connectivity index is 1.44. The lowest BCUT2D eigenvalue weighted by atomic mass is 9.89. The number of carbonyl (C=O) groups is 1. The van der Waals surface area contributed by atoms with Crippen LogP contribution in [0, 0.1) is 11.7 Å². The Morgan fingerprint density at radius 1 is 1.03 bits per heavy atom. The molecule has 0 radical (unpaired) electrons. The number of hydrogen-bond acceptors (Lipinski definition) is 5. The minimum atomic E-state index is -4.59. The van der Waals surface area contributed by atoms with Gasteiger partial charge < -0.3 is 9.64 Å². The van der Waals surface area contributed by atoms with E-state index in [0.29, 0.717) is 0 Å². The van der Waals surface area contributed by atoms with Gasteiger partial charge >= 0.3 is 6.18 Å². The van der Waals surface area contributed by atoms with E-state index in [4.69, 9.17) is 4.74 Å². The highest BCUT2D eigenvalue weighted by atomic mass is 19.4. The molecule has 1 unspecified atom stereocenters. The molecule has 0 saturated carbocycles. The quantitative estimate of drug-likeness (QED) is 0.466. The van der Waals surface area contributed by atoms with Gasteiger partial charge in [-0.05, 0) is 56.0 Å². The van der Waals surface area contributed by atoms with E-state index in [1.165, 1.54) is 30.6 Å². The number of benzene rings is 1. The van der Waals surface area contributed by atoms with Crippen molar-refractivity contribution in [2.24, 2.45) is 5.92 Å². The van der Waals surface area contributed by atoms with E-state index >= 15 is 0 Å². The van der Waals surface area contributed by atoms with Crippen LogP contribution in [0.25, 0.3) is 11.4 Å². The number of halogens is 4. The second-order valence-electron chi connectivity index (χ2n) is 8.80. The zero-order valence-corrected chi connectivity index (χ0v) is 18.6. The Hall–Kier alpha value is -3.56. The highest BCUT2D eigenvalue weighted by Gasteiger charge is 2.46. The molecule has 35 heavy (non-hydrogen) atoms. The van der Waals surface area contributed by atoms with Crippen LogP contribution < -0.4 is 4.74 Å². The molecule has 6 nitrogen and oxygen atoms in total. The standard InChI is InChI=1S/C25H22F4N4O2/c26-17-4-9-22(32-13-17)35-14-15-2-5-18-6-8-21(15)33(18)24(34)20-12-16(25(27,28)29)3-7-19(20)23-30-10-1-11-31-23/h1,3-4,7,9-13,15,18,21H,2,5-6,8,14H2/t15-,18-,21?/m1/s1. The van der Waals surface area contributed by atoms with Crippen LogP contribution in [0.15, 0.2) is 55.0 Å². The van der Waals surface area contributed by atoms with Crippen LogP contribution in [0.2, 0.25) is 0 Å². The number of carbonyl (C=O) groups excluding carboxylic acids is 1. The van der Waals surface area contributed by atoms with Crippen molar-refractivity contribution in [3.05, 3.63) is 71.9 Å². The van der Waals surface area contributed by atoms with E-state index in [0.717, 1.165) is 44.0 Å². The van der Waals surface area contributed by atoms with Crippen molar-refractivity contribution < 1.29 is 27.1 Å². The van der Waals surface area contributed by atoms with Crippen molar-refractivity contribution in [1.29, 1.82) is 0 Å². The van der Waals surface area contributed by atoms with Crippen LogP contribution in [0.4, 0.5) is 17.6 Å². The van der Waals surface area contributed by atoms with Gasteiger partial charge in [0.15, 0.2) is 5.82 Å². The summed E-state index contributed by atoms with van der Waals surface area (Å²) in [6.07, 6.45) is 2.49. The number of hydrogen-bond donors (Lipinski definition) is 0. The Morgan fingerprint density at radius 2 is 1.80 bits per heavy atom. The lowest BCUT2D eigenvalue weighted by molar-refractivity contribution is -0.137. The van der Waals surface area contributed by atoms with Crippen LogP contribution in [0.1, 0.15) is 41.6 Å². The first-order chi connectivity index (χ1) is 16.8. The summed E-state index contributed by atoms with van der Waals surface area (Å²) in [5.41, 5.74) is -0.700. The second-order valence-corrected chi connectivity index (χ2v) is 8.80. The summed E-state index contributed by atoms with van der Waals surface area (Å²) in [5.74, 6) is -0.478. The first-order valence-corrected chi connectivity index (χ1v) is 11.4. The Labute approximate surface area is 199 Å². The fraction of sp³-hybridized carbons (Fsp3) is 0.360. The number of rotatable bonds is 5. The normalized spacial score (nSPS) is 21.7. The fourth-order valence-corrected chi connectivity index (χ4v) is 5.08. The van der Waals surface area contributed by atoms with Gasteiger partial charge in [-0.2, -0.15) is 13.2 Å². The zero-order valence-electron chi connectivity index (χ0n) is 18.6. The lowest BCUT2D eigenvalue weighted by Crippen LogP contribution is -2.49. The number of nitrogens with zero attached hydrogens (tertiary/aromatic N) is 4. The molecular formula is C25H22F4N4O2. The lowest BCUT2D eigenvalue weighted by Gasteiger charge is -2.40. The summed E-state index contributed by atoms with van der Waals surface area (Å²) < 4.78 is 59.4. The molecule has 10 heteroatoms. The third kappa shape index (κ3) is 4.69. The number of piperidine rings is 1. The first-order valence-electron chi connectivity index (χ1n) is 11.4. The molecule has 4 heterocycles. The van der Waals surface area contributed by atoms with Gasteiger partial charge in [0.2, 0.25) is 5.88 Å². The average molecular weight is 486 g/mol. The van der Waals surface area contributed by atoms with Crippen LogP contribution in [-0.2, 0) is 6.18 Å². The molecule has 2 aliphatic heterocycles. The SMILES string of the molecule is O=C(c1cc(C(F)(F)F)ccc1-c1ncccn1)N1C2CC[C@H]1CC[C@@H]2COc1ccc(F)cn1. The third-order valence-corrected chi connectivity index (χ3v) is 6.73. The molecule has 2 saturated heterocycles. The molecule has 0 N–H and O–H groups in total. The molecule has 182 valence electrons. The summed E-state index contributed by atoms with van der Waals surface area (Å²) in [6, 6.07) is 7.17. The molecule has 2 aliphatic rings. The molecule has 1 aromatic carbocycles. The maximum Gasteiger partial charge on any atom is 0.416 e. The van der Waals surface area contributed by atoms with Crippen molar-refractivity contribution in [2.75, 3.05) is 6.61 Å². The molecule has 3 atom stereocenters. The topological polar surface area (TPSA) is 68.2 Å². The monoisotopic (exact) mass is 486 g/mol. The summed E-state index contributed by atoms with van der Waals surface area (Å²) >= 11 is 0. The molecule has 2 fully saturated rings. The van der Waals surface area contributed by atoms with Gasteiger partial charge in [0.1, 0.15) is 5.82 Å². The van der Waals surface area contributed by atoms with E-state index in [-0.39, 0.29) is 47.4 Å². The highest BCUT2D eigenvalue weighted by Crippen LogP contribution is 2.42. The minimum absolute atomic E-state index is 0.0215. The molecular weight excluding hydrogens is 464 g/mol. The van der Waals surface area contributed by atoms with Gasteiger partial charge in [0.05, 0.1) is 23.9 Å². The van der Waals surface area contributed by atoms with Crippen molar-refractivity contribution in [3.63, 3.8) is 0 Å². The molecule has 0 aliphatic carbocycles. The predicted molar refractivity (Wildman–Crippen MR) is 118 cm³/mol. The number of amides is 1. The van der Waals surface area contributed by atoms with Crippen molar-refractivity contribution in [1.82, 2.24) is 19.9 Å². The minimum Gasteiger partial charge on any atom is -0.477 e. The van der Waals surface area contributed by atoms with Gasteiger partial charge in [0, 0.05) is 42.0 Å². The Morgan fingerprint density at radius 3 is 2.51 bits per heavy atom. The smallest absolute Gasteiger partial charge is 0.416 e. The first kappa shape index (κ1) is 23.2.